The number of aryl methyl sites for hydroxylation is 1. The van der Waals surface area contributed by atoms with Crippen LogP contribution in [0.4, 0.5) is 5.69 Å². The number of halogens is 1. The van der Waals surface area contributed by atoms with Crippen molar-refractivity contribution >= 4 is 46.3 Å². The Labute approximate surface area is 166 Å². The van der Waals surface area contributed by atoms with Gasteiger partial charge in [0, 0.05) is 22.1 Å². The van der Waals surface area contributed by atoms with Gasteiger partial charge >= 0.3 is 0 Å². The van der Waals surface area contributed by atoms with Crippen LogP contribution in [0.2, 0.25) is 0 Å². The molecule has 0 aliphatic heterocycles. The topological polar surface area (TPSA) is 79.8 Å². The third-order valence-electron chi connectivity index (χ3n) is 3.54. The van der Waals surface area contributed by atoms with Gasteiger partial charge in [0.1, 0.15) is 5.75 Å². The first-order valence-corrected chi connectivity index (χ1v) is 9.08. The van der Waals surface area contributed by atoms with Crippen molar-refractivity contribution in [3.05, 3.63) is 57.2 Å². The lowest BCUT2D eigenvalue weighted by Crippen LogP contribution is -2.20. The number of nitrogens with zero attached hydrogens (tertiary/aromatic N) is 1. The fourth-order valence-electron chi connectivity index (χ4n) is 2.16. The zero-order valence-electron chi connectivity index (χ0n) is 14.6. The van der Waals surface area contributed by atoms with E-state index >= 15 is 0 Å². The molecule has 6 nitrogen and oxygen atoms in total. The number of nitrogens with one attached hydrogen (secondary N) is 2. The van der Waals surface area contributed by atoms with Crippen molar-refractivity contribution in [1.82, 2.24) is 5.43 Å². The Morgan fingerprint density at radius 3 is 2.65 bits per heavy atom. The number of hydrazone groups is 1. The highest BCUT2D eigenvalue weighted by molar-refractivity contribution is 14.1. The molecule has 0 atom stereocenters. The van der Waals surface area contributed by atoms with Crippen LogP contribution in [0.25, 0.3) is 0 Å². The van der Waals surface area contributed by atoms with Gasteiger partial charge in [-0.2, -0.15) is 5.10 Å². The van der Waals surface area contributed by atoms with Crippen LogP contribution >= 0.6 is 22.6 Å². The largest absolute Gasteiger partial charge is 0.497 e. The normalized spacial score (nSPS) is 10.6. The Bertz CT molecular complexity index is 821. The number of carbonyl (C=O) groups excluding carboxylic acids is 2. The van der Waals surface area contributed by atoms with E-state index in [4.69, 9.17) is 4.74 Å². The lowest BCUT2D eigenvalue weighted by molar-refractivity contribution is -0.124. The average Bonchev–Trinajstić information content (AvgIpc) is 2.62. The summed E-state index contributed by atoms with van der Waals surface area (Å²) in [5.41, 5.74) is 4.96. The van der Waals surface area contributed by atoms with Crippen LogP contribution in [0.3, 0.4) is 0 Å². The van der Waals surface area contributed by atoms with Crippen molar-refractivity contribution < 1.29 is 14.3 Å². The molecule has 0 saturated heterocycles. The zero-order chi connectivity index (χ0) is 18.9. The lowest BCUT2D eigenvalue weighted by atomic mass is 10.2. The summed E-state index contributed by atoms with van der Waals surface area (Å²) in [5, 5.41) is 6.70. The van der Waals surface area contributed by atoms with Crippen molar-refractivity contribution in [2.75, 3.05) is 12.4 Å². The number of ether oxygens (including phenoxy) is 1. The van der Waals surface area contributed by atoms with E-state index in [9.17, 15) is 9.59 Å². The predicted molar refractivity (Wildman–Crippen MR) is 110 cm³/mol. The molecule has 0 aromatic heterocycles. The first-order valence-electron chi connectivity index (χ1n) is 8.00. The van der Waals surface area contributed by atoms with Gasteiger partial charge in [0.15, 0.2) is 0 Å². The second-order valence-corrected chi connectivity index (χ2v) is 6.82. The maximum atomic E-state index is 12.0. The molecule has 0 aliphatic carbocycles. The number of methoxy groups -OCH3 is 1. The molecule has 0 heterocycles. The summed E-state index contributed by atoms with van der Waals surface area (Å²) in [5.74, 6) is 0.183. The van der Waals surface area contributed by atoms with E-state index in [-0.39, 0.29) is 24.7 Å². The smallest absolute Gasteiger partial charge is 0.240 e. The van der Waals surface area contributed by atoms with Gasteiger partial charge in [0.25, 0.3) is 0 Å². The van der Waals surface area contributed by atoms with Gasteiger partial charge in [-0.15, -0.1) is 0 Å². The maximum Gasteiger partial charge on any atom is 0.240 e. The minimum absolute atomic E-state index is 0.0602. The molecular weight excluding hydrogens is 445 g/mol. The molecular formula is C19H20IN3O3. The second-order valence-electron chi connectivity index (χ2n) is 5.58. The van der Waals surface area contributed by atoms with E-state index in [1.165, 1.54) is 6.21 Å². The number of hydrogen-bond acceptors (Lipinski definition) is 4. The van der Waals surface area contributed by atoms with Gasteiger partial charge in [-0.25, -0.2) is 5.43 Å². The number of hydrogen-bond donors (Lipinski definition) is 2. The highest BCUT2D eigenvalue weighted by Crippen LogP contribution is 2.18. The number of carbonyl (C=O) groups is 2. The molecule has 2 amide bonds. The highest BCUT2D eigenvalue weighted by Gasteiger charge is 2.08. The molecule has 2 aromatic carbocycles. The molecule has 2 N–H and O–H groups in total. The fraction of sp³-hybridized carbons (Fsp3) is 0.211. The van der Waals surface area contributed by atoms with E-state index in [2.05, 4.69) is 38.4 Å². The van der Waals surface area contributed by atoms with E-state index in [0.717, 1.165) is 20.4 Å². The molecule has 136 valence electrons. The van der Waals surface area contributed by atoms with Gasteiger partial charge in [-0.05, 0) is 71.0 Å². The van der Waals surface area contributed by atoms with Crippen LogP contribution in [0.15, 0.2) is 47.6 Å². The van der Waals surface area contributed by atoms with Crippen molar-refractivity contribution in [2.24, 2.45) is 5.10 Å². The maximum absolute atomic E-state index is 12.0. The number of amides is 2. The molecule has 0 aliphatic rings. The first-order chi connectivity index (χ1) is 12.5. The second kappa shape index (κ2) is 9.91. The van der Waals surface area contributed by atoms with Crippen LogP contribution in [0.1, 0.15) is 24.0 Å². The van der Waals surface area contributed by atoms with Crippen LogP contribution in [0, 0.1) is 10.5 Å². The fourth-order valence-corrected chi connectivity index (χ4v) is 2.81. The first kappa shape index (κ1) is 19.9. The van der Waals surface area contributed by atoms with Crippen LogP contribution in [-0.4, -0.2) is 25.1 Å². The van der Waals surface area contributed by atoms with E-state index in [0.29, 0.717) is 5.75 Å². The summed E-state index contributed by atoms with van der Waals surface area (Å²) in [4.78, 5) is 23.8. The molecule has 7 heteroatoms. The lowest BCUT2D eigenvalue weighted by Gasteiger charge is -2.08. The molecule has 0 unspecified atom stereocenters. The van der Waals surface area contributed by atoms with E-state index in [1.807, 2.05) is 43.3 Å². The monoisotopic (exact) mass is 465 g/mol. The SMILES string of the molecule is COc1cccc(/C=N/NC(=O)CCC(=O)Nc2ccc(I)cc2C)c1. The van der Waals surface area contributed by atoms with Gasteiger partial charge in [-0.3, -0.25) is 9.59 Å². The van der Waals surface area contributed by atoms with Gasteiger partial charge < -0.3 is 10.1 Å². The van der Waals surface area contributed by atoms with Gasteiger partial charge in [0.2, 0.25) is 11.8 Å². The Balaban J connectivity index is 1.77. The summed E-state index contributed by atoms with van der Waals surface area (Å²) in [6.07, 6.45) is 1.67. The van der Waals surface area contributed by atoms with Crippen LogP contribution in [0.5, 0.6) is 5.75 Å². The van der Waals surface area contributed by atoms with Gasteiger partial charge in [-0.1, -0.05) is 12.1 Å². The number of benzene rings is 2. The van der Waals surface area contributed by atoms with E-state index in [1.54, 1.807) is 13.2 Å². The minimum atomic E-state index is -0.321. The zero-order valence-corrected chi connectivity index (χ0v) is 16.7. The summed E-state index contributed by atoms with van der Waals surface area (Å²) in [6.45, 7) is 1.93. The molecule has 0 bridgehead atoms. The average molecular weight is 465 g/mol. The third-order valence-corrected chi connectivity index (χ3v) is 4.21. The molecule has 0 radical (unpaired) electrons. The Morgan fingerprint density at radius 1 is 1.15 bits per heavy atom. The molecule has 26 heavy (non-hydrogen) atoms. The standard InChI is InChI=1S/C19H20IN3O3/c1-13-10-15(20)6-7-17(13)22-18(24)8-9-19(25)23-21-12-14-4-3-5-16(11-14)26-2/h3-7,10-12H,8-9H2,1-2H3,(H,22,24)(H,23,25)/b21-12+. The predicted octanol–water partition coefficient (Wildman–Crippen LogP) is 3.48. The van der Waals surface area contributed by atoms with Crippen molar-refractivity contribution in [3.8, 4) is 5.75 Å². The van der Waals surface area contributed by atoms with Crippen LogP contribution in [-0.2, 0) is 9.59 Å². The molecule has 0 spiro atoms. The molecule has 0 saturated carbocycles. The Morgan fingerprint density at radius 2 is 1.92 bits per heavy atom. The van der Waals surface area contributed by atoms with Crippen molar-refractivity contribution in [3.63, 3.8) is 0 Å². The van der Waals surface area contributed by atoms with Crippen molar-refractivity contribution in [1.29, 1.82) is 0 Å². The summed E-state index contributed by atoms with van der Waals surface area (Å²) in [7, 11) is 1.58. The summed E-state index contributed by atoms with van der Waals surface area (Å²) >= 11 is 2.22. The Hall–Kier alpha value is -2.42. The molecule has 2 aromatic rings. The molecule has 2 rings (SSSR count). The van der Waals surface area contributed by atoms with Gasteiger partial charge in [0.05, 0.1) is 13.3 Å². The van der Waals surface area contributed by atoms with Crippen LogP contribution < -0.4 is 15.5 Å². The number of anilines is 1. The quantitative estimate of drug-likeness (QED) is 0.374. The third kappa shape index (κ3) is 6.47. The van der Waals surface area contributed by atoms with E-state index < -0.39 is 0 Å². The number of rotatable bonds is 7. The minimum Gasteiger partial charge on any atom is -0.497 e. The van der Waals surface area contributed by atoms with Crippen molar-refractivity contribution in [2.45, 2.75) is 19.8 Å². The summed E-state index contributed by atoms with van der Waals surface area (Å²) < 4.78 is 6.22. The summed E-state index contributed by atoms with van der Waals surface area (Å²) in [6, 6.07) is 13.1. The Kier molecular flexibility index (Phi) is 7.58. The molecule has 0 fully saturated rings. The highest BCUT2D eigenvalue weighted by atomic mass is 127.